The predicted molar refractivity (Wildman–Crippen MR) is 171 cm³/mol. The number of halogens is 1. The third-order valence-corrected chi connectivity index (χ3v) is 7.69. The number of fused-ring (bicyclic) bond motifs is 1. The van der Waals surface area contributed by atoms with Crippen LogP contribution >= 0.6 is 34.8 Å². The third-order valence-electron chi connectivity index (χ3n) is 6.60. The highest BCUT2D eigenvalue weighted by Gasteiger charge is 2.34. The summed E-state index contributed by atoms with van der Waals surface area (Å²) in [6.45, 7) is 4.75. The number of hydrogen-bond donors (Lipinski definition) is 1. The van der Waals surface area contributed by atoms with Gasteiger partial charge in [0.2, 0.25) is 0 Å². The molecule has 202 valence electrons. The number of carbonyl (C=O) groups excluding carboxylic acids is 2. The monoisotopic (exact) mass is 662 g/mol. The number of nitrogens with zero attached hydrogens (tertiary/aromatic N) is 1. The molecule has 6 nitrogen and oxygen atoms in total. The molecule has 0 saturated carbocycles. The van der Waals surface area contributed by atoms with E-state index in [0.717, 1.165) is 31.9 Å². The van der Waals surface area contributed by atoms with Gasteiger partial charge in [-0.3, -0.25) is 19.8 Å². The second-order valence-corrected chi connectivity index (χ2v) is 10.7. The van der Waals surface area contributed by atoms with Crippen molar-refractivity contribution in [2.24, 2.45) is 0 Å². The number of thiocarbonyl (C=S) groups is 1. The topological polar surface area (TPSA) is 67.9 Å². The van der Waals surface area contributed by atoms with Gasteiger partial charge < -0.3 is 9.47 Å². The molecule has 0 radical (unpaired) electrons. The van der Waals surface area contributed by atoms with E-state index in [1.807, 2.05) is 61.5 Å². The summed E-state index contributed by atoms with van der Waals surface area (Å²) in [5, 5.41) is 4.98. The molecule has 40 heavy (non-hydrogen) atoms. The van der Waals surface area contributed by atoms with Crippen molar-refractivity contribution in [2.45, 2.75) is 26.9 Å². The van der Waals surface area contributed by atoms with Gasteiger partial charge in [0, 0.05) is 0 Å². The van der Waals surface area contributed by atoms with Crippen molar-refractivity contribution >= 4 is 74.3 Å². The van der Waals surface area contributed by atoms with Crippen molar-refractivity contribution in [3.8, 4) is 11.5 Å². The molecule has 0 aromatic heterocycles. The first-order chi connectivity index (χ1) is 19.4. The minimum atomic E-state index is -0.541. The maximum Gasteiger partial charge on any atom is 0.270 e. The van der Waals surface area contributed by atoms with Crippen LogP contribution in [-0.2, 0) is 22.6 Å². The Hall–Kier alpha value is -3.76. The van der Waals surface area contributed by atoms with E-state index in [2.05, 4.69) is 53.0 Å². The van der Waals surface area contributed by atoms with Crippen LogP contribution in [0.5, 0.6) is 11.5 Å². The molecule has 2 amide bonds. The van der Waals surface area contributed by atoms with Crippen LogP contribution in [0.4, 0.5) is 5.69 Å². The molecule has 8 heteroatoms. The lowest BCUT2D eigenvalue weighted by Crippen LogP contribution is -2.54. The molecule has 1 saturated heterocycles. The average Bonchev–Trinajstić information content (AvgIpc) is 2.95. The van der Waals surface area contributed by atoms with E-state index in [0.29, 0.717) is 36.0 Å². The van der Waals surface area contributed by atoms with Crippen LogP contribution in [0.2, 0.25) is 0 Å². The molecule has 1 aliphatic rings. The first-order valence-electron chi connectivity index (χ1n) is 13.0. The number of hydrogen-bond acceptors (Lipinski definition) is 5. The van der Waals surface area contributed by atoms with Crippen molar-refractivity contribution < 1.29 is 19.1 Å². The molecule has 4 aromatic rings. The Labute approximate surface area is 252 Å². The summed E-state index contributed by atoms with van der Waals surface area (Å²) in [5.74, 6) is 0.117. The van der Waals surface area contributed by atoms with E-state index < -0.39 is 11.8 Å². The van der Waals surface area contributed by atoms with Crippen molar-refractivity contribution in [3.63, 3.8) is 0 Å². The second kappa shape index (κ2) is 12.2. The van der Waals surface area contributed by atoms with E-state index in [1.54, 1.807) is 12.1 Å². The second-order valence-electron chi connectivity index (χ2n) is 9.17. The summed E-state index contributed by atoms with van der Waals surface area (Å²) < 4.78 is 13.0. The van der Waals surface area contributed by atoms with Gasteiger partial charge in [-0.05, 0) is 106 Å². The van der Waals surface area contributed by atoms with Gasteiger partial charge in [0.15, 0.2) is 16.6 Å². The Kier molecular flexibility index (Phi) is 8.46. The molecular weight excluding hydrogens is 635 g/mol. The number of nitrogens with one attached hydrogen (secondary N) is 1. The summed E-state index contributed by atoms with van der Waals surface area (Å²) in [7, 11) is 0. The molecule has 1 fully saturated rings. The predicted octanol–water partition coefficient (Wildman–Crippen LogP) is 6.82. The lowest BCUT2D eigenvalue weighted by Gasteiger charge is -2.29. The van der Waals surface area contributed by atoms with Crippen molar-refractivity contribution in [2.75, 3.05) is 11.5 Å². The van der Waals surface area contributed by atoms with Crippen molar-refractivity contribution in [1.29, 1.82) is 0 Å². The third kappa shape index (κ3) is 5.73. The van der Waals surface area contributed by atoms with Crippen LogP contribution < -0.4 is 19.7 Å². The lowest BCUT2D eigenvalue weighted by atomic mass is 10.1. The molecule has 1 N–H and O–H groups in total. The fourth-order valence-corrected chi connectivity index (χ4v) is 5.64. The molecule has 0 atom stereocenters. The Balaban J connectivity index is 1.45. The first-order valence-corrected chi connectivity index (χ1v) is 14.4. The highest BCUT2D eigenvalue weighted by atomic mass is 127. The zero-order chi connectivity index (χ0) is 28.2. The normalized spacial score (nSPS) is 14.5. The van der Waals surface area contributed by atoms with E-state index in [-0.39, 0.29) is 10.7 Å². The van der Waals surface area contributed by atoms with Crippen molar-refractivity contribution in [3.05, 3.63) is 105 Å². The SMILES string of the molecule is CCOc1cc(/C=C2\C(=O)NC(=S)N(c3ccc(CC)cc3)C2=O)cc(I)c1OCc1cccc2ccccc12. The van der Waals surface area contributed by atoms with Crippen LogP contribution in [-0.4, -0.2) is 23.5 Å². The molecular formula is C32H27IN2O4S. The maximum absolute atomic E-state index is 13.5. The fourth-order valence-electron chi connectivity index (χ4n) is 4.58. The van der Waals surface area contributed by atoms with E-state index in [4.69, 9.17) is 21.7 Å². The largest absolute Gasteiger partial charge is 0.490 e. The summed E-state index contributed by atoms with van der Waals surface area (Å²) in [5.41, 5.74) is 3.42. The summed E-state index contributed by atoms with van der Waals surface area (Å²) in [6, 6.07) is 25.5. The molecule has 0 spiro atoms. The Morgan fingerprint density at radius 1 is 0.950 bits per heavy atom. The van der Waals surface area contributed by atoms with Crippen molar-refractivity contribution in [1.82, 2.24) is 5.32 Å². The molecule has 0 aliphatic carbocycles. The highest BCUT2D eigenvalue weighted by Crippen LogP contribution is 2.36. The van der Waals surface area contributed by atoms with Crippen LogP contribution in [0.1, 0.15) is 30.5 Å². The van der Waals surface area contributed by atoms with Crippen LogP contribution in [0.25, 0.3) is 16.8 Å². The van der Waals surface area contributed by atoms with Gasteiger partial charge >= 0.3 is 0 Å². The molecule has 1 aliphatic heterocycles. The quantitative estimate of drug-likeness (QED) is 0.0972. The molecule has 4 aromatic carbocycles. The number of rotatable bonds is 8. The Bertz CT molecular complexity index is 1640. The molecule has 0 bridgehead atoms. The molecule has 5 rings (SSSR count). The highest BCUT2D eigenvalue weighted by molar-refractivity contribution is 14.1. The molecule has 1 heterocycles. The van der Waals surface area contributed by atoms with Gasteiger partial charge in [0.05, 0.1) is 15.9 Å². The summed E-state index contributed by atoms with van der Waals surface area (Å²) >= 11 is 7.53. The van der Waals surface area contributed by atoms with E-state index in [9.17, 15) is 9.59 Å². The minimum absolute atomic E-state index is 0.0177. The maximum atomic E-state index is 13.5. The van der Waals surface area contributed by atoms with Gasteiger partial charge in [0.25, 0.3) is 11.8 Å². The lowest BCUT2D eigenvalue weighted by molar-refractivity contribution is -0.122. The Morgan fingerprint density at radius 2 is 1.70 bits per heavy atom. The first kappa shape index (κ1) is 27.8. The van der Waals surface area contributed by atoms with Gasteiger partial charge in [-0.1, -0.05) is 61.5 Å². The van der Waals surface area contributed by atoms with Crippen LogP contribution in [0.15, 0.2) is 84.4 Å². The number of amides is 2. The smallest absolute Gasteiger partial charge is 0.270 e. The fraction of sp³-hybridized carbons (Fsp3) is 0.156. The summed E-state index contributed by atoms with van der Waals surface area (Å²) in [6.07, 6.45) is 2.44. The number of ether oxygens (including phenoxy) is 2. The number of aryl methyl sites for hydroxylation is 1. The Morgan fingerprint density at radius 3 is 2.45 bits per heavy atom. The van der Waals surface area contributed by atoms with E-state index in [1.165, 1.54) is 4.90 Å². The van der Waals surface area contributed by atoms with Gasteiger partial charge in [-0.25, -0.2) is 0 Å². The number of benzene rings is 4. The average molecular weight is 663 g/mol. The zero-order valence-electron chi connectivity index (χ0n) is 22.1. The minimum Gasteiger partial charge on any atom is -0.490 e. The van der Waals surface area contributed by atoms with Gasteiger partial charge in [-0.2, -0.15) is 0 Å². The standard InChI is InChI=1S/C32H27IN2O4S/c1-3-20-12-14-24(15-13-20)35-31(37)26(30(36)34-32(35)40)16-21-17-27(33)29(28(18-21)38-4-2)39-19-23-10-7-9-22-8-5-6-11-25(22)23/h5-18H,3-4,19H2,1-2H3,(H,34,36,40)/b26-16+. The summed E-state index contributed by atoms with van der Waals surface area (Å²) in [4.78, 5) is 27.7. The van der Waals surface area contributed by atoms with Crippen LogP contribution in [0.3, 0.4) is 0 Å². The van der Waals surface area contributed by atoms with E-state index >= 15 is 0 Å². The van der Waals surface area contributed by atoms with Gasteiger partial charge in [-0.15, -0.1) is 0 Å². The van der Waals surface area contributed by atoms with Gasteiger partial charge in [0.1, 0.15) is 12.2 Å². The number of carbonyl (C=O) groups is 2. The number of anilines is 1. The zero-order valence-corrected chi connectivity index (χ0v) is 25.0. The molecule has 0 unspecified atom stereocenters. The van der Waals surface area contributed by atoms with Crippen LogP contribution in [0, 0.1) is 3.57 Å².